The summed E-state index contributed by atoms with van der Waals surface area (Å²) in [6, 6.07) is 1.37. The number of nitrogens with one attached hydrogen (secondary N) is 1. The minimum absolute atomic E-state index is 0.00879. The van der Waals surface area contributed by atoms with Gasteiger partial charge in [-0.15, -0.1) is 0 Å². The molecule has 2 aliphatic rings. The molecule has 2 fully saturated rings. The van der Waals surface area contributed by atoms with E-state index in [1.165, 1.54) is 0 Å². The third-order valence-electron chi connectivity index (χ3n) is 4.55. The summed E-state index contributed by atoms with van der Waals surface area (Å²) in [5.74, 6) is 0.797. The van der Waals surface area contributed by atoms with Crippen LogP contribution >= 0.6 is 0 Å². The van der Waals surface area contributed by atoms with Crippen molar-refractivity contribution in [3.8, 4) is 0 Å². The van der Waals surface area contributed by atoms with Crippen molar-refractivity contribution in [2.45, 2.75) is 58.2 Å². The van der Waals surface area contributed by atoms with Crippen LogP contribution in [0.2, 0.25) is 0 Å². The van der Waals surface area contributed by atoms with Gasteiger partial charge in [0.05, 0.1) is 12.2 Å². The number of aryl methyl sites for hydroxylation is 1. The maximum absolute atomic E-state index is 12.9. The Morgan fingerprint density at radius 3 is 2.71 bits per heavy atom. The number of hydrogen-bond donors (Lipinski definition) is 1. The van der Waals surface area contributed by atoms with Crippen LogP contribution in [0.3, 0.4) is 0 Å². The Labute approximate surface area is 123 Å². The van der Waals surface area contributed by atoms with E-state index in [0.29, 0.717) is 18.7 Å². The van der Waals surface area contributed by atoms with E-state index in [1.54, 1.807) is 11.0 Å². The van der Waals surface area contributed by atoms with Gasteiger partial charge in [-0.2, -0.15) is 0 Å². The van der Waals surface area contributed by atoms with Crippen LogP contribution in [-0.2, 0) is 16.1 Å². The van der Waals surface area contributed by atoms with Crippen molar-refractivity contribution in [2.75, 3.05) is 0 Å². The summed E-state index contributed by atoms with van der Waals surface area (Å²) >= 11 is 0. The number of rotatable bonds is 4. The van der Waals surface area contributed by atoms with E-state index in [-0.39, 0.29) is 17.7 Å². The molecule has 2 unspecified atom stereocenters. The van der Waals surface area contributed by atoms with Crippen LogP contribution in [0.4, 0.5) is 0 Å². The normalized spacial score (nSPS) is 29.7. The van der Waals surface area contributed by atoms with Gasteiger partial charge in [0.25, 0.3) is 0 Å². The molecule has 0 bridgehead atoms. The molecule has 0 radical (unpaired) electrons. The fourth-order valence-corrected chi connectivity index (χ4v) is 3.16. The predicted molar refractivity (Wildman–Crippen MR) is 75.1 cm³/mol. The molecule has 21 heavy (non-hydrogen) atoms. The van der Waals surface area contributed by atoms with Gasteiger partial charge in [0.2, 0.25) is 11.8 Å². The fourth-order valence-electron chi connectivity index (χ4n) is 3.16. The summed E-state index contributed by atoms with van der Waals surface area (Å²) in [4.78, 5) is 26.9. The van der Waals surface area contributed by atoms with E-state index >= 15 is 0 Å². The molecule has 2 amide bonds. The van der Waals surface area contributed by atoms with Crippen LogP contribution in [0.25, 0.3) is 0 Å². The SMILES string of the molecule is CCC1C(=O)NC(C)(C2CC2)C(=O)N1Cc1cc(C)no1. The first-order chi connectivity index (χ1) is 9.95. The lowest BCUT2D eigenvalue weighted by atomic mass is 9.88. The second-order valence-corrected chi connectivity index (χ2v) is 6.26. The molecule has 1 aliphatic carbocycles. The van der Waals surface area contributed by atoms with Gasteiger partial charge in [-0.3, -0.25) is 9.59 Å². The lowest BCUT2D eigenvalue weighted by Gasteiger charge is -2.44. The smallest absolute Gasteiger partial charge is 0.249 e. The first-order valence-electron chi connectivity index (χ1n) is 7.51. The van der Waals surface area contributed by atoms with Crippen LogP contribution in [-0.4, -0.2) is 33.5 Å². The average molecular weight is 291 g/mol. The van der Waals surface area contributed by atoms with Gasteiger partial charge >= 0.3 is 0 Å². The third kappa shape index (κ3) is 2.32. The Morgan fingerprint density at radius 2 is 2.19 bits per heavy atom. The van der Waals surface area contributed by atoms with Gasteiger partial charge in [0, 0.05) is 6.07 Å². The summed E-state index contributed by atoms with van der Waals surface area (Å²) in [5, 5.41) is 6.80. The highest BCUT2D eigenvalue weighted by Crippen LogP contribution is 2.42. The molecule has 2 heterocycles. The van der Waals surface area contributed by atoms with E-state index in [4.69, 9.17) is 4.52 Å². The van der Waals surface area contributed by atoms with Crippen molar-refractivity contribution in [3.63, 3.8) is 0 Å². The Kier molecular flexibility index (Phi) is 3.26. The number of hydrogen-bond acceptors (Lipinski definition) is 4. The third-order valence-corrected chi connectivity index (χ3v) is 4.55. The van der Waals surface area contributed by atoms with Crippen molar-refractivity contribution in [1.29, 1.82) is 0 Å². The molecule has 0 aromatic carbocycles. The van der Waals surface area contributed by atoms with Crippen LogP contribution in [0.1, 0.15) is 44.6 Å². The highest BCUT2D eigenvalue weighted by molar-refractivity contribution is 6.00. The van der Waals surface area contributed by atoms with E-state index in [1.807, 2.05) is 20.8 Å². The molecular formula is C15H21N3O3. The molecule has 1 aromatic heterocycles. The molecule has 1 N–H and O–H groups in total. The van der Waals surface area contributed by atoms with Gasteiger partial charge in [0.1, 0.15) is 11.6 Å². The van der Waals surface area contributed by atoms with Gasteiger partial charge in [-0.05, 0) is 39.0 Å². The number of aromatic nitrogens is 1. The number of piperazine rings is 1. The molecule has 1 aromatic rings. The molecule has 1 saturated heterocycles. The number of carbonyl (C=O) groups is 2. The summed E-state index contributed by atoms with van der Waals surface area (Å²) in [5.41, 5.74) is 0.00887. The monoisotopic (exact) mass is 291 g/mol. The number of nitrogens with zero attached hydrogens (tertiary/aromatic N) is 2. The molecule has 3 rings (SSSR count). The Balaban J connectivity index is 1.89. The highest BCUT2D eigenvalue weighted by atomic mass is 16.5. The molecule has 6 heteroatoms. The minimum Gasteiger partial charge on any atom is -0.359 e. The van der Waals surface area contributed by atoms with Gasteiger partial charge in [-0.1, -0.05) is 12.1 Å². The zero-order valence-corrected chi connectivity index (χ0v) is 12.7. The molecule has 0 spiro atoms. The van der Waals surface area contributed by atoms with Gasteiger partial charge < -0.3 is 14.7 Å². The van der Waals surface area contributed by atoms with Gasteiger partial charge in [0.15, 0.2) is 5.76 Å². The first-order valence-corrected chi connectivity index (χ1v) is 7.51. The zero-order valence-electron chi connectivity index (χ0n) is 12.7. The number of amides is 2. The average Bonchev–Trinajstić information content (AvgIpc) is 3.21. The summed E-state index contributed by atoms with van der Waals surface area (Å²) in [6.07, 6.45) is 2.58. The standard InChI is InChI=1S/C15H21N3O3/c1-4-12-13(19)16-15(3,10-5-6-10)14(20)18(12)8-11-7-9(2)17-21-11/h7,10,12H,4-6,8H2,1-3H3,(H,16,19). The highest BCUT2D eigenvalue weighted by Gasteiger charge is 2.55. The molecule has 2 atom stereocenters. The fraction of sp³-hybridized carbons (Fsp3) is 0.667. The topological polar surface area (TPSA) is 75.4 Å². The van der Waals surface area contributed by atoms with Crippen LogP contribution in [0.5, 0.6) is 0 Å². The Hall–Kier alpha value is -1.85. The summed E-state index contributed by atoms with van der Waals surface area (Å²) < 4.78 is 5.21. The van der Waals surface area contributed by atoms with Crippen LogP contribution in [0.15, 0.2) is 10.6 Å². The lowest BCUT2D eigenvalue weighted by Crippen LogP contribution is -2.69. The number of carbonyl (C=O) groups excluding carboxylic acids is 2. The van der Waals surface area contributed by atoms with Crippen molar-refractivity contribution in [3.05, 3.63) is 17.5 Å². The van der Waals surface area contributed by atoms with E-state index < -0.39 is 11.6 Å². The van der Waals surface area contributed by atoms with Crippen molar-refractivity contribution in [2.24, 2.45) is 5.92 Å². The first kappa shape index (κ1) is 14.1. The molecule has 6 nitrogen and oxygen atoms in total. The van der Waals surface area contributed by atoms with Crippen LogP contribution in [0, 0.1) is 12.8 Å². The predicted octanol–water partition coefficient (Wildman–Crippen LogP) is 1.39. The Morgan fingerprint density at radius 1 is 1.48 bits per heavy atom. The quantitative estimate of drug-likeness (QED) is 0.909. The van der Waals surface area contributed by atoms with Crippen LogP contribution < -0.4 is 5.32 Å². The Bertz CT molecular complexity index is 578. The maximum atomic E-state index is 12.9. The molecular weight excluding hydrogens is 270 g/mol. The van der Waals surface area contributed by atoms with E-state index in [2.05, 4.69) is 10.5 Å². The molecule has 1 aliphatic heterocycles. The van der Waals surface area contributed by atoms with Crippen molar-refractivity contribution < 1.29 is 14.1 Å². The maximum Gasteiger partial charge on any atom is 0.249 e. The lowest BCUT2D eigenvalue weighted by molar-refractivity contribution is -0.156. The van der Waals surface area contributed by atoms with E-state index in [0.717, 1.165) is 18.5 Å². The van der Waals surface area contributed by atoms with Gasteiger partial charge in [-0.25, -0.2) is 0 Å². The van der Waals surface area contributed by atoms with Crippen molar-refractivity contribution in [1.82, 2.24) is 15.4 Å². The largest absolute Gasteiger partial charge is 0.359 e. The zero-order chi connectivity index (χ0) is 15.2. The second kappa shape index (κ2) is 4.86. The molecule has 114 valence electrons. The minimum atomic E-state index is -0.766. The van der Waals surface area contributed by atoms with E-state index in [9.17, 15) is 9.59 Å². The summed E-state index contributed by atoms with van der Waals surface area (Å²) in [6.45, 7) is 5.89. The second-order valence-electron chi connectivity index (χ2n) is 6.26. The van der Waals surface area contributed by atoms with Crippen molar-refractivity contribution >= 4 is 11.8 Å². The summed E-state index contributed by atoms with van der Waals surface area (Å²) in [7, 11) is 0. The molecule has 1 saturated carbocycles.